The standard InChI is InChI=1S/C13H9F2N5O/c1-7-8(5-17-12-2-3-18-20(7)12)13(21)19-10-4-11(15)16-6-9(10)14/h2-6H,1H3,(H,16,19,21). The predicted molar refractivity (Wildman–Crippen MR) is 69.8 cm³/mol. The Labute approximate surface area is 117 Å². The number of hydrogen-bond acceptors (Lipinski definition) is 4. The molecule has 0 aromatic carbocycles. The van der Waals surface area contributed by atoms with Gasteiger partial charge in [-0.1, -0.05) is 0 Å². The Morgan fingerprint density at radius 2 is 2.10 bits per heavy atom. The Kier molecular flexibility index (Phi) is 3.05. The monoisotopic (exact) mass is 289 g/mol. The lowest BCUT2D eigenvalue weighted by molar-refractivity contribution is 0.102. The lowest BCUT2D eigenvalue weighted by Crippen LogP contribution is -2.17. The Balaban J connectivity index is 1.97. The van der Waals surface area contributed by atoms with E-state index in [9.17, 15) is 13.6 Å². The number of nitrogens with one attached hydrogen (secondary N) is 1. The van der Waals surface area contributed by atoms with E-state index in [1.54, 1.807) is 19.2 Å². The zero-order chi connectivity index (χ0) is 15.0. The van der Waals surface area contributed by atoms with Crippen LogP contribution in [0.5, 0.6) is 0 Å². The SMILES string of the molecule is Cc1c(C(=O)Nc2cc(F)ncc2F)cnc2ccnn12. The molecule has 0 spiro atoms. The van der Waals surface area contributed by atoms with Crippen LogP contribution >= 0.6 is 0 Å². The first kappa shape index (κ1) is 13.1. The second kappa shape index (κ2) is 4.89. The molecule has 1 amide bonds. The molecular formula is C13H9F2N5O. The highest BCUT2D eigenvalue weighted by Gasteiger charge is 2.15. The maximum absolute atomic E-state index is 13.5. The van der Waals surface area contributed by atoms with Crippen molar-refractivity contribution >= 4 is 17.2 Å². The molecule has 21 heavy (non-hydrogen) atoms. The van der Waals surface area contributed by atoms with Gasteiger partial charge in [0.05, 0.1) is 29.3 Å². The van der Waals surface area contributed by atoms with E-state index in [2.05, 4.69) is 20.4 Å². The average molecular weight is 289 g/mol. The van der Waals surface area contributed by atoms with Crippen molar-refractivity contribution in [1.82, 2.24) is 19.6 Å². The van der Waals surface area contributed by atoms with Gasteiger partial charge in [-0.15, -0.1) is 0 Å². The summed E-state index contributed by atoms with van der Waals surface area (Å²) < 4.78 is 27.9. The number of carbonyl (C=O) groups is 1. The number of pyridine rings is 1. The quantitative estimate of drug-likeness (QED) is 0.732. The van der Waals surface area contributed by atoms with Crippen molar-refractivity contribution in [3.8, 4) is 0 Å². The molecule has 6 nitrogen and oxygen atoms in total. The highest BCUT2D eigenvalue weighted by molar-refractivity contribution is 6.04. The van der Waals surface area contributed by atoms with Gasteiger partial charge in [-0.2, -0.15) is 9.49 Å². The van der Waals surface area contributed by atoms with Gasteiger partial charge in [-0.3, -0.25) is 4.79 Å². The van der Waals surface area contributed by atoms with Gasteiger partial charge >= 0.3 is 0 Å². The van der Waals surface area contributed by atoms with Crippen molar-refractivity contribution in [2.24, 2.45) is 0 Å². The lowest BCUT2D eigenvalue weighted by Gasteiger charge is -2.09. The van der Waals surface area contributed by atoms with Crippen molar-refractivity contribution in [3.63, 3.8) is 0 Å². The van der Waals surface area contributed by atoms with Crippen molar-refractivity contribution in [2.75, 3.05) is 5.32 Å². The second-order valence-corrected chi connectivity index (χ2v) is 4.30. The predicted octanol–water partition coefficient (Wildman–Crippen LogP) is 1.96. The fraction of sp³-hybridized carbons (Fsp3) is 0.0769. The summed E-state index contributed by atoms with van der Waals surface area (Å²) in [4.78, 5) is 19.4. The highest BCUT2D eigenvalue weighted by atomic mass is 19.1. The first-order chi connectivity index (χ1) is 10.1. The molecule has 0 aliphatic carbocycles. The van der Waals surface area contributed by atoms with Crippen LogP contribution in [0.2, 0.25) is 0 Å². The van der Waals surface area contributed by atoms with E-state index in [1.165, 1.54) is 10.7 Å². The number of halogens is 2. The molecule has 0 radical (unpaired) electrons. The van der Waals surface area contributed by atoms with Gasteiger partial charge in [-0.25, -0.2) is 18.9 Å². The second-order valence-electron chi connectivity index (χ2n) is 4.30. The normalized spacial score (nSPS) is 10.8. The van der Waals surface area contributed by atoms with Crippen LogP contribution in [0.1, 0.15) is 16.1 Å². The molecule has 106 valence electrons. The van der Waals surface area contributed by atoms with E-state index in [0.717, 1.165) is 6.07 Å². The maximum Gasteiger partial charge on any atom is 0.259 e. The highest BCUT2D eigenvalue weighted by Crippen LogP contribution is 2.16. The summed E-state index contributed by atoms with van der Waals surface area (Å²) in [5.74, 6) is -2.32. The minimum atomic E-state index is -0.885. The number of rotatable bonds is 2. The Morgan fingerprint density at radius 3 is 2.90 bits per heavy atom. The lowest BCUT2D eigenvalue weighted by atomic mass is 10.2. The molecule has 3 heterocycles. The molecule has 8 heteroatoms. The topological polar surface area (TPSA) is 72.2 Å². The molecule has 0 unspecified atom stereocenters. The van der Waals surface area contributed by atoms with Crippen LogP contribution in [-0.4, -0.2) is 25.5 Å². The maximum atomic E-state index is 13.5. The van der Waals surface area contributed by atoms with Crippen LogP contribution in [0.4, 0.5) is 14.5 Å². The minimum Gasteiger partial charge on any atom is -0.319 e. The van der Waals surface area contributed by atoms with Crippen LogP contribution in [0, 0.1) is 18.7 Å². The molecule has 1 N–H and O–H groups in total. The van der Waals surface area contributed by atoms with Gasteiger partial charge < -0.3 is 5.32 Å². The molecule has 3 aromatic heterocycles. The van der Waals surface area contributed by atoms with Crippen molar-refractivity contribution in [2.45, 2.75) is 6.92 Å². The Hall–Kier alpha value is -2.90. The first-order valence-corrected chi connectivity index (χ1v) is 5.98. The fourth-order valence-corrected chi connectivity index (χ4v) is 1.91. The number of amides is 1. The molecule has 0 aliphatic rings. The summed E-state index contributed by atoms with van der Waals surface area (Å²) in [6, 6.07) is 2.50. The van der Waals surface area contributed by atoms with Crippen LogP contribution < -0.4 is 5.32 Å². The minimum absolute atomic E-state index is 0.211. The van der Waals surface area contributed by atoms with Crippen molar-refractivity contribution in [3.05, 3.63) is 53.7 Å². The van der Waals surface area contributed by atoms with Gasteiger partial charge in [0.15, 0.2) is 11.5 Å². The van der Waals surface area contributed by atoms with Crippen LogP contribution in [0.3, 0.4) is 0 Å². The van der Waals surface area contributed by atoms with Crippen LogP contribution in [0.15, 0.2) is 30.7 Å². The first-order valence-electron chi connectivity index (χ1n) is 5.98. The molecular weight excluding hydrogens is 280 g/mol. The van der Waals surface area contributed by atoms with E-state index in [1.807, 2.05) is 0 Å². The molecule has 0 fully saturated rings. The van der Waals surface area contributed by atoms with Crippen LogP contribution in [-0.2, 0) is 0 Å². The molecule has 0 saturated heterocycles. The number of nitrogens with zero attached hydrogens (tertiary/aromatic N) is 4. The smallest absolute Gasteiger partial charge is 0.259 e. The summed E-state index contributed by atoms with van der Waals surface area (Å²) in [6.45, 7) is 1.68. The number of carbonyl (C=O) groups excluding carboxylic acids is 1. The van der Waals surface area contributed by atoms with E-state index in [0.29, 0.717) is 17.5 Å². The van der Waals surface area contributed by atoms with E-state index in [-0.39, 0.29) is 11.3 Å². The van der Waals surface area contributed by atoms with Gasteiger partial charge in [-0.05, 0) is 6.92 Å². The summed E-state index contributed by atoms with van der Waals surface area (Å²) in [7, 11) is 0. The zero-order valence-electron chi connectivity index (χ0n) is 10.8. The third kappa shape index (κ3) is 2.31. The van der Waals surface area contributed by atoms with Gasteiger partial charge in [0.2, 0.25) is 5.95 Å². The van der Waals surface area contributed by atoms with Crippen LogP contribution in [0.25, 0.3) is 5.65 Å². The van der Waals surface area contributed by atoms with Gasteiger partial charge in [0.1, 0.15) is 0 Å². The average Bonchev–Trinajstić information content (AvgIpc) is 2.92. The number of aryl methyl sites for hydroxylation is 1. The van der Waals surface area contributed by atoms with Crippen molar-refractivity contribution in [1.29, 1.82) is 0 Å². The summed E-state index contributed by atoms with van der Waals surface area (Å²) in [5.41, 5.74) is 1.05. The van der Waals surface area contributed by atoms with Gasteiger partial charge in [0, 0.05) is 18.3 Å². The molecule has 0 saturated carbocycles. The Morgan fingerprint density at radius 1 is 1.29 bits per heavy atom. The Bertz CT molecular complexity index is 846. The summed E-state index contributed by atoms with van der Waals surface area (Å²) in [5, 5.41) is 6.32. The fourth-order valence-electron chi connectivity index (χ4n) is 1.91. The summed E-state index contributed by atoms with van der Waals surface area (Å²) in [6.07, 6.45) is 3.61. The summed E-state index contributed by atoms with van der Waals surface area (Å²) >= 11 is 0. The molecule has 0 atom stereocenters. The van der Waals surface area contributed by atoms with E-state index in [4.69, 9.17) is 0 Å². The molecule has 3 rings (SSSR count). The number of hydrogen-bond donors (Lipinski definition) is 1. The molecule has 0 bridgehead atoms. The number of aromatic nitrogens is 4. The third-order valence-corrected chi connectivity index (χ3v) is 2.97. The molecule has 0 aliphatic heterocycles. The largest absolute Gasteiger partial charge is 0.319 e. The van der Waals surface area contributed by atoms with E-state index < -0.39 is 17.7 Å². The van der Waals surface area contributed by atoms with E-state index >= 15 is 0 Å². The number of fused-ring (bicyclic) bond motifs is 1. The van der Waals surface area contributed by atoms with Crippen molar-refractivity contribution < 1.29 is 13.6 Å². The molecule has 3 aromatic rings. The van der Waals surface area contributed by atoms with Gasteiger partial charge in [0.25, 0.3) is 5.91 Å². The third-order valence-electron chi connectivity index (χ3n) is 2.97. The number of anilines is 1. The zero-order valence-corrected chi connectivity index (χ0v) is 10.8.